The number of Topliss-reactive ketones (excluding diaryl/α,β-unsaturated/α-hetero) is 1. The molecule has 0 atom stereocenters. The summed E-state index contributed by atoms with van der Waals surface area (Å²) < 4.78 is 76.4. The average Bonchev–Trinajstić information content (AvgIpc) is 2.66. The van der Waals surface area contributed by atoms with E-state index in [2.05, 4.69) is 0 Å². The molecule has 0 spiro atoms. The van der Waals surface area contributed by atoms with Crippen LogP contribution < -0.4 is 15.8 Å². The van der Waals surface area contributed by atoms with Crippen LogP contribution in [0.4, 0.5) is 37.7 Å². The lowest BCUT2D eigenvalue weighted by Crippen LogP contribution is -2.46. The largest absolute Gasteiger partial charge is 0.472 e. The Morgan fingerprint density at radius 3 is 2.03 bits per heavy atom. The minimum Gasteiger partial charge on any atom is -0.317 e. The zero-order chi connectivity index (χ0) is 22.7. The number of hydrogen-bond donors (Lipinski definition) is 2. The van der Waals surface area contributed by atoms with Crippen LogP contribution in [0.25, 0.3) is 0 Å². The SMILES string of the molecule is CN(NC(=O)C(F)(F)F)c1ccc(C(F)(F)F)cc1NC(=O)C(=O)c1ccccc1. The number of rotatable bonds is 5. The maximum Gasteiger partial charge on any atom is 0.472 e. The Balaban J connectivity index is 2.38. The molecule has 160 valence electrons. The molecule has 30 heavy (non-hydrogen) atoms. The number of nitrogens with one attached hydrogen (secondary N) is 2. The number of anilines is 2. The highest BCUT2D eigenvalue weighted by Crippen LogP contribution is 2.35. The third-order valence-corrected chi connectivity index (χ3v) is 3.70. The zero-order valence-corrected chi connectivity index (χ0v) is 15.1. The maximum absolute atomic E-state index is 13.0. The van der Waals surface area contributed by atoms with Crippen LogP contribution in [0.3, 0.4) is 0 Å². The van der Waals surface area contributed by atoms with E-state index in [1.807, 2.05) is 5.32 Å². The average molecular weight is 433 g/mol. The fourth-order valence-corrected chi connectivity index (χ4v) is 2.28. The molecule has 12 heteroatoms. The van der Waals surface area contributed by atoms with Crippen molar-refractivity contribution in [1.82, 2.24) is 5.43 Å². The van der Waals surface area contributed by atoms with Crippen LogP contribution >= 0.6 is 0 Å². The molecule has 2 amide bonds. The lowest BCUT2D eigenvalue weighted by Gasteiger charge is -2.24. The van der Waals surface area contributed by atoms with Gasteiger partial charge in [0.15, 0.2) is 0 Å². The van der Waals surface area contributed by atoms with Gasteiger partial charge in [-0.25, -0.2) is 0 Å². The van der Waals surface area contributed by atoms with Crippen molar-refractivity contribution in [3.05, 3.63) is 59.7 Å². The van der Waals surface area contributed by atoms with E-state index in [4.69, 9.17) is 0 Å². The van der Waals surface area contributed by atoms with Crippen LogP contribution in [0.2, 0.25) is 0 Å². The van der Waals surface area contributed by atoms with Crippen molar-refractivity contribution in [2.45, 2.75) is 12.4 Å². The summed E-state index contributed by atoms with van der Waals surface area (Å²) in [6.07, 6.45) is -10.1. The van der Waals surface area contributed by atoms with Crippen molar-refractivity contribution in [3.8, 4) is 0 Å². The van der Waals surface area contributed by atoms with E-state index in [0.29, 0.717) is 17.1 Å². The Hall–Kier alpha value is -3.57. The summed E-state index contributed by atoms with van der Waals surface area (Å²) in [6.45, 7) is 0. The van der Waals surface area contributed by atoms with Crippen molar-refractivity contribution in [2.24, 2.45) is 0 Å². The normalized spacial score (nSPS) is 11.6. The Bertz CT molecular complexity index is 958. The smallest absolute Gasteiger partial charge is 0.317 e. The van der Waals surface area contributed by atoms with Crippen LogP contribution in [0.15, 0.2) is 48.5 Å². The lowest BCUT2D eigenvalue weighted by molar-refractivity contribution is -0.173. The van der Waals surface area contributed by atoms with Crippen LogP contribution in [0, 0.1) is 0 Å². The summed E-state index contributed by atoms with van der Waals surface area (Å²) >= 11 is 0. The molecule has 0 bridgehead atoms. The third-order valence-electron chi connectivity index (χ3n) is 3.70. The fourth-order valence-electron chi connectivity index (χ4n) is 2.28. The molecule has 0 unspecified atom stereocenters. The molecule has 0 aliphatic heterocycles. The number of amides is 2. The number of benzene rings is 2. The number of nitrogens with zero attached hydrogens (tertiary/aromatic N) is 1. The van der Waals surface area contributed by atoms with Gasteiger partial charge < -0.3 is 5.32 Å². The highest BCUT2D eigenvalue weighted by atomic mass is 19.4. The summed E-state index contributed by atoms with van der Waals surface area (Å²) in [5.41, 5.74) is -0.921. The lowest BCUT2D eigenvalue weighted by atomic mass is 10.1. The maximum atomic E-state index is 13.0. The predicted molar refractivity (Wildman–Crippen MR) is 93.4 cm³/mol. The second-order valence-electron chi connectivity index (χ2n) is 5.88. The Morgan fingerprint density at radius 1 is 0.900 bits per heavy atom. The number of alkyl halides is 6. The van der Waals surface area contributed by atoms with Gasteiger partial charge in [0.2, 0.25) is 0 Å². The fraction of sp³-hybridized carbons (Fsp3) is 0.167. The van der Waals surface area contributed by atoms with Crippen molar-refractivity contribution in [2.75, 3.05) is 17.4 Å². The number of halogens is 6. The molecule has 2 aromatic carbocycles. The first-order valence-electron chi connectivity index (χ1n) is 8.04. The quantitative estimate of drug-likeness (QED) is 0.327. The molecule has 0 radical (unpaired) electrons. The molecule has 2 rings (SSSR count). The second kappa shape index (κ2) is 8.43. The summed E-state index contributed by atoms with van der Waals surface area (Å²) in [6, 6.07) is 8.78. The molecular weight excluding hydrogens is 420 g/mol. The van der Waals surface area contributed by atoms with Gasteiger partial charge in [0.25, 0.3) is 11.7 Å². The van der Waals surface area contributed by atoms with E-state index in [0.717, 1.165) is 13.1 Å². The molecule has 6 nitrogen and oxygen atoms in total. The molecule has 0 heterocycles. The van der Waals surface area contributed by atoms with Crippen LogP contribution in [-0.4, -0.2) is 30.8 Å². The minimum absolute atomic E-state index is 0.0535. The summed E-state index contributed by atoms with van der Waals surface area (Å²) in [5.74, 6) is -4.79. The van der Waals surface area contributed by atoms with E-state index < -0.39 is 46.9 Å². The van der Waals surface area contributed by atoms with E-state index in [1.54, 1.807) is 6.07 Å². The van der Waals surface area contributed by atoms with E-state index in [9.17, 15) is 40.7 Å². The van der Waals surface area contributed by atoms with Crippen molar-refractivity contribution in [1.29, 1.82) is 0 Å². The summed E-state index contributed by atoms with van der Waals surface area (Å²) in [7, 11) is 0.918. The third kappa shape index (κ3) is 5.49. The first-order chi connectivity index (χ1) is 13.8. The van der Waals surface area contributed by atoms with Gasteiger partial charge in [-0.15, -0.1) is 0 Å². The molecule has 0 aliphatic carbocycles. The predicted octanol–water partition coefficient (Wildman–Crippen LogP) is 3.56. The topological polar surface area (TPSA) is 78.5 Å². The van der Waals surface area contributed by atoms with E-state index in [1.165, 1.54) is 29.7 Å². The zero-order valence-electron chi connectivity index (χ0n) is 15.1. The van der Waals surface area contributed by atoms with Gasteiger partial charge in [0.05, 0.1) is 16.9 Å². The molecule has 0 aliphatic rings. The van der Waals surface area contributed by atoms with Gasteiger partial charge >= 0.3 is 18.3 Å². The Morgan fingerprint density at radius 2 is 1.50 bits per heavy atom. The monoisotopic (exact) mass is 433 g/mol. The first-order valence-corrected chi connectivity index (χ1v) is 8.04. The molecule has 0 saturated heterocycles. The highest BCUT2D eigenvalue weighted by molar-refractivity contribution is 6.46. The van der Waals surface area contributed by atoms with Crippen molar-refractivity contribution in [3.63, 3.8) is 0 Å². The number of hydrazine groups is 1. The van der Waals surface area contributed by atoms with E-state index in [-0.39, 0.29) is 5.56 Å². The van der Waals surface area contributed by atoms with Crippen molar-refractivity contribution < 1.29 is 40.7 Å². The van der Waals surface area contributed by atoms with Crippen LogP contribution in [-0.2, 0) is 15.8 Å². The highest BCUT2D eigenvalue weighted by Gasteiger charge is 2.40. The van der Waals surface area contributed by atoms with Gasteiger partial charge in [-0.05, 0) is 18.2 Å². The molecule has 2 aromatic rings. The second-order valence-corrected chi connectivity index (χ2v) is 5.88. The van der Waals surface area contributed by atoms with Gasteiger partial charge in [0.1, 0.15) is 0 Å². The molecular formula is C18H13F6N3O3. The molecule has 2 N–H and O–H groups in total. The summed E-state index contributed by atoms with van der Waals surface area (Å²) in [5, 5.41) is 2.42. The molecule has 0 saturated carbocycles. The van der Waals surface area contributed by atoms with Gasteiger partial charge in [-0.3, -0.25) is 24.8 Å². The minimum atomic E-state index is -5.26. The first kappa shape index (κ1) is 22.7. The molecule has 0 aromatic heterocycles. The number of ketones is 1. The molecule has 0 fully saturated rings. The van der Waals surface area contributed by atoms with Crippen LogP contribution in [0.5, 0.6) is 0 Å². The van der Waals surface area contributed by atoms with E-state index >= 15 is 0 Å². The van der Waals surface area contributed by atoms with Gasteiger partial charge in [-0.2, -0.15) is 26.3 Å². The number of carbonyl (C=O) groups is 3. The van der Waals surface area contributed by atoms with Gasteiger partial charge in [-0.1, -0.05) is 30.3 Å². The standard InChI is InChI=1S/C18H13F6N3O3/c1-27(26-16(30)18(22,23)24)13-8-7-11(17(19,20)21)9-12(13)25-15(29)14(28)10-5-3-2-4-6-10/h2-9H,1H3,(H,25,29)(H,26,30). The number of carbonyl (C=O) groups excluding carboxylic acids is 3. The number of hydrogen-bond acceptors (Lipinski definition) is 4. The van der Waals surface area contributed by atoms with Crippen molar-refractivity contribution >= 4 is 29.0 Å². The van der Waals surface area contributed by atoms with Crippen LogP contribution in [0.1, 0.15) is 15.9 Å². The summed E-state index contributed by atoms with van der Waals surface area (Å²) in [4.78, 5) is 35.5. The Labute approximate surface area is 165 Å². The Kier molecular flexibility index (Phi) is 6.38. The van der Waals surface area contributed by atoms with Gasteiger partial charge in [0, 0.05) is 12.6 Å².